The molecule has 1 rings (SSSR count). The molecular weight excluding hydrogens is 308 g/mol. The van der Waals surface area contributed by atoms with E-state index in [0.29, 0.717) is 19.6 Å². The lowest BCUT2D eigenvalue weighted by molar-refractivity contribution is -0.133. The Labute approximate surface area is 145 Å². The number of amides is 2. The highest BCUT2D eigenvalue weighted by molar-refractivity contribution is 5.81. The largest absolute Gasteiger partial charge is 0.444 e. The van der Waals surface area contributed by atoms with E-state index in [-0.39, 0.29) is 5.91 Å². The molecule has 0 aromatic rings. The van der Waals surface area contributed by atoms with Crippen LogP contribution in [0.15, 0.2) is 12.7 Å². The van der Waals surface area contributed by atoms with Crippen molar-refractivity contribution in [3.8, 4) is 0 Å². The van der Waals surface area contributed by atoms with E-state index in [2.05, 4.69) is 17.2 Å². The molecule has 0 aromatic heterocycles. The molecule has 0 heterocycles. The highest BCUT2D eigenvalue weighted by Gasteiger charge is 2.37. The van der Waals surface area contributed by atoms with Crippen LogP contribution >= 0.6 is 0 Å². The first-order chi connectivity index (χ1) is 11.2. The average molecular weight is 340 g/mol. The minimum atomic E-state index is -0.538. The summed E-state index contributed by atoms with van der Waals surface area (Å²) in [5, 5.41) is 5.87. The lowest BCUT2D eigenvalue weighted by Gasteiger charge is -2.32. The Morgan fingerprint density at radius 3 is 2.46 bits per heavy atom. The lowest BCUT2D eigenvalue weighted by Crippen LogP contribution is -2.56. The smallest absolute Gasteiger partial charge is 0.407 e. The predicted molar refractivity (Wildman–Crippen MR) is 93.8 cm³/mol. The quantitative estimate of drug-likeness (QED) is 0.526. The molecule has 6 heteroatoms. The topological polar surface area (TPSA) is 76.7 Å². The van der Waals surface area contributed by atoms with Crippen LogP contribution in [0.2, 0.25) is 0 Å². The molecule has 1 aliphatic carbocycles. The van der Waals surface area contributed by atoms with Crippen molar-refractivity contribution in [2.75, 3.05) is 13.2 Å². The molecule has 0 spiro atoms. The van der Waals surface area contributed by atoms with Gasteiger partial charge < -0.3 is 20.1 Å². The van der Waals surface area contributed by atoms with Crippen molar-refractivity contribution in [2.45, 2.75) is 77.0 Å². The second-order valence-corrected chi connectivity index (χ2v) is 7.42. The van der Waals surface area contributed by atoms with Crippen molar-refractivity contribution in [2.24, 2.45) is 0 Å². The third-order valence-electron chi connectivity index (χ3n) is 3.98. The Morgan fingerprint density at radius 2 is 1.92 bits per heavy atom. The van der Waals surface area contributed by atoms with E-state index in [1.54, 1.807) is 13.0 Å². The van der Waals surface area contributed by atoms with Gasteiger partial charge in [0.2, 0.25) is 5.91 Å². The zero-order chi connectivity index (χ0) is 18.2. The molecule has 0 aromatic carbocycles. The van der Waals surface area contributed by atoms with Crippen molar-refractivity contribution < 1.29 is 19.1 Å². The number of nitrogens with one attached hydrogen (secondary N) is 2. The number of hydrogen-bond acceptors (Lipinski definition) is 4. The normalized spacial score (nSPS) is 17.8. The van der Waals surface area contributed by atoms with Gasteiger partial charge in [-0.1, -0.05) is 18.9 Å². The fraction of sp³-hybridized carbons (Fsp3) is 0.778. The van der Waals surface area contributed by atoms with Gasteiger partial charge in [0, 0.05) is 6.54 Å². The molecule has 0 radical (unpaired) electrons. The number of rotatable bonds is 8. The van der Waals surface area contributed by atoms with Crippen molar-refractivity contribution in [1.82, 2.24) is 10.6 Å². The van der Waals surface area contributed by atoms with Gasteiger partial charge >= 0.3 is 6.09 Å². The van der Waals surface area contributed by atoms with Gasteiger partial charge in [-0.05, 0) is 47.0 Å². The number of carbonyl (C=O) groups is 2. The fourth-order valence-corrected chi connectivity index (χ4v) is 2.72. The van der Waals surface area contributed by atoms with Crippen molar-refractivity contribution in [3.63, 3.8) is 0 Å². The summed E-state index contributed by atoms with van der Waals surface area (Å²) in [5.74, 6) is -0.146. The molecule has 1 unspecified atom stereocenters. The average Bonchev–Trinajstić information content (AvgIpc) is 2.92. The van der Waals surface area contributed by atoms with Crippen LogP contribution < -0.4 is 10.6 Å². The number of hydrogen-bond donors (Lipinski definition) is 2. The summed E-state index contributed by atoms with van der Waals surface area (Å²) in [6, 6.07) is 0. The van der Waals surface area contributed by atoms with Gasteiger partial charge in [0.1, 0.15) is 11.7 Å². The molecule has 0 saturated heterocycles. The maximum absolute atomic E-state index is 12.4. The molecule has 6 nitrogen and oxygen atoms in total. The van der Waals surface area contributed by atoms with E-state index >= 15 is 0 Å². The molecule has 1 fully saturated rings. The van der Waals surface area contributed by atoms with Gasteiger partial charge in [0.25, 0.3) is 0 Å². The third kappa shape index (κ3) is 7.34. The van der Waals surface area contributed by atoms with Crippen LogP contribution in [0.5, 0.6) is 0 Å². The molecule has 1 aliphatic rings. The monoisotopic (exact) mass is 340 g/mol. The summed E-state index contributed by atoms with van der Waals surface area (Å²) in [4.78, 5) is 24.2. The summed E-state index contributed by atoms with van der Waals surface area (Å²) in [6.07, 6.45) is 5.23. The zero-order valence-corrected chi connectivity index (χ0v) is 15.4. The SMILES string of the molecule is C=CCCOC(C)C(=O)NC1(CNC(=O)OC(C)(C)C)CCCC1. The van der Waals surface area contributed by atoms with E-state index in [1.165, 1.54) is 0 Å². The molecule has 2 N–H and O–H groups in total. The van der Waals surface area contributed by atoms with Crippen LogP contribution in [0.1, 0.15) is 59.8 Å². The molecule has 0 bridgehead atoms. The highest BCUT2D eigenvalue weighted by atomic mass is 16.6. The summed E-state index contributed by atoms with van der Waals surface area (Å²) in [6.45, 7) is 11.7. The van der Waals surface area contributed by atoms with Gasteiger partial charge in [0.05, 0.1) is 12.1 Å². The van der Waals surface area contributed by atoms with Crippen molar-refractivity contribution >= 4 is 12.0 Å². The first kappa shape index (κ1) is 20.5. The van der Waals surface area contributed by atoms with Crippen LogP contribution in [-0.2, 0) is 14.3 Å². The number of alkyl carbamates (subject to hydrolysis) is 1. The first-order valence-electron chi connectivity index (χ1n) is 8.69. The Bertz CT molecular complexity index is 437. The minimum absolute atomic E-state index is 0.146. The van der Waals surface area contributed by atoms with E-state index in [1.807, 2.05) is 20.8 Å². The minimum Gasteiger partial charge on any atom is -0.444 e. The second kappa shape index (κ2) is 9.06. The summed E-state index contributed by atoms with van der Waals surface area (Å²) >= 11 is 0. The fourth-order valence-electron chi connectivity index (χ4n) is 2.72. The van der Waals surface area contributed by atoms with Crippen LogP contribution in [0.4, 0.5) is 4.79 Å². The van der Waals surface area contributed by atoms with Crippen molar-refractivity contribution in [3.05, 3.63) is 12.7 Å². The van der Waals surface area contributed by atoms with E-state index in [9.17, 15) is 9.59 Å². The molecule has 0 aliphatic heterocycles. The van der Waals surface area contributed by atoms with Gasteiger partial charge in [0.15, 0.2) is 0 Å². The van der Waals surface area contributed by atoms with Crippen LogP contribution in [-0.4, -0.2) is 42.4 Å². The Kier molecular flexibility index (Phi) is 7.73. The Morgan fingerprint density at radius 1 is 1.29 bits per heavy atom. The van der Waals surface area contributed by atoms with Crippen LogP contribution in [0, 0.1) is 0 Å². The number of carbonyl (C=O) groups excluding carboxylic acids is 2. The summed E-state index contributed by atoms with van der Waals surface area (Å²) in [5.41, 5.74) is -0.951. The molecule has 1 saturated carbocycles. The number of ether oxygens (including phenoxy) is 2. The highest BCUT2D eigenvalue weighted by Crippen LogP contribution is 2.29. The third-order valence-corrected chi connectivity index (χ3v) is 3.98. The summed E-state index contributed by atoms with van der Waals surface area (Å²) in [7, 11) is 0. The molecular formula is C18H32N2O4. The van der Waals surface area contributed by atoms with Crippen molar-refractivity contribution in [1.29, 1.82) is 0 Å². The Hall–Kier alpha value is -1.56. The van der Waals surface area contributed by atoms with Crippen LogP contribution in [0.25, 0.3) is 0 Å². The Balaban J connectivity index is 2.53. The van der Waals surface area contributed by atoms with Gasteiger partial charge in [-0.15, -0.1) is 6.58 Å². The lowest BCUT2D eigenvalue weighted by atomic mass is 9.97. The zero-order valence-electron chi connectivity index (χ0n) is 15.4. The molecule has 138 valence electrons. The van der Waals surface area contributed by atoms with Gasteiger partial charge in [-0.3, -0.25) is 4.79 Å². The van der Waals surface area contributed by atoms with E-state index in [4.69, 9.17) is 9.47 Å². The molecule has 1 atom stereocenters. The maximum atomic E-state index is 12.4. The maximum Gasteiger partial charge on any atom is 0.407 e. The van der Waals surface area contributed by atoms with E-state index in [0.717, 1.165) is 25.7 Å². The second-order valence-electron chi connectivity index (χ2n) is 7.42. The van der Waals surface area contributed by atoms with Crippen LogP contribution in [0.3, 0.4) is 0 Å². The molecule has 24 heavy (non-hydrogen) atoms. The van der Waals surface area contributed by atoms with E-state index < -0.39 is 23.3 Å². The molecule has 2 amide bonds. The first-order valence-corrected chi connectivity index (χ1v) is 8.69. The summed E-state index contributed by atoms with van der Waals surface area (Å²) < 4.78 is 10.8. The predicted octanol–water partition coefficient (Wildman–Crippen LogP) is 2.92. The van der Waals surface area contributed by atoms with Gasteiger partial charge in [-0.2, -0.15) is 0 Å². The van der Waals surface area contributed by atoms with Gasteiger partial charge in [-0.25, -0.2) is 4.79 Å². The standard InChI is InChI=1S/C18H32N2O4/c1-6-7-12-23-14(2)15(21)20-18(10-8-9-11-18)13-19-16(22)24-17(3,4)5/h6,14H,1,7-13H2,2-5H3,(H,19,22)(H,20,21).